The molecule has 3 rings (SSSR count). The maximum Gasteiger partial charge on any atom is 0.282 e. The molecule has 2 fully saturated rings. The Kier molecular flexibility index (Phi) is 5.85. The van der Waals surface area contributed by atoms with Crippen molar-refractivity contribution in [2.45, 2.75) is 6.10 Å². The first-order valence-corrected chi connectivity index (χ1v) is 9.75. The monoisotopic (exact) mass is 355 g/mol. The Hall–Kier alpha value is -1.03. The van der Waals surface area contributed by atoms with Gasteiger partial charge in [0, 0.05) is 45.8 Å². The summed E-state index contributed by atoms with van der Waals surface area (Å²) in [6.45, 7) is 4.48. The molecule has 0 spiro atoms. The van der Waals surface area contributed by atoms with Gasteiger partial charge in [0.25, 0.3) is 10.2 Å². The predicted octanol–water partition coefficient (Wildman–Crippen LogP) is -0.0854. The lowest BCUT2D eigenvalue weighted by Crippen LogP contribution is -2.55. The van der Waals surface area contributed by atoms with Gasteiger partial charge in [0.1, 0.15) is 0 Å². The standard InChI is InChI=1S/C16H25N3O4S/c20-16(15-4-2-1-3-5-15)14-17-6-8-18(9-7-17)24(21,22)19-10-12-23-13-11-19/h1-5,16,20H,6-14H2. The summed E-state index contributed by atoms with van der Waals surface area (Å²) < 4.78 is 33.5. The Labute approximate surface area is 143 Å². The number of aliphatic hydroxyl groups excluding tert-OH is 1. The van der Waals surface area contributed by atoms with Crippen LogP contribution in [0.3, 0.4) is 0 Å². The molecule has 24 heavy (non-hydrogen) atoms. The van der Waals surface area contributed by atoms with Crippen LogP contribution in [0.4, 0.5) is 0 Å². The van der Waals surface area contributed by atoms with Gasteiger partial charge in [-0.05, 0) is 5.56 Å². The molecule has 8 heteroatoms. The van der Waals surface area contributed by atoms with E-state index in [0.717, 1.165) is 5.56 Å². The van der Waals surface area contributed by atoms with E-state index in [4.69, 9.17) is 4.74 Å². The normalized spacial score (nSPS) is 23.2. The van der Waals surface area contributed by atoms with Crippen molar-refractivity contribution in [3.8, 4) is 0 Å². The molecular formula is C16H25N3O4S. The quantitative estimate of drug-likeness (QED) is 0.799. The van der Waals surface area contributed by atoms with Gasteiger partial charge in [-0.15, -0.1) is 0 Å². The molecule has 0 bridgehead atoms. The van der Waals surface area contributed by atoms with Crippen LogP contribution in [0.25, 0.3) is 0 Å². The number of ether oxygens (including phenoxy) is 1. The summed E-state index contributed by atoms with van der Waals surface area (Å²) in [7, 11) is -3.39. The summed E-state index contributed by atoms with van der Waals surface area (Å²) in [4.78, 5) is 2.11. The molecule has 0 aliphatic carbocycles. The average Bonchev–Trinajstić information content (AvgIpc) is 2.63. The zero-order valence-corrected chi connectivity index (χ0v) is 14.6. The average molecular weight is 355 g/mol. The summed E-state index contributed by atoms with van der Waals surface area (Å²) in [5.74, 6) is 0. The Balaban J connectivity index is 1.52. The van der Waals surface area contributed by atoms with Crippen molar-refractivity contribution in [1.82, 2.24) is 13.5 Å². The molecule has 1 aromatic carbocycles. The second-order valence-corrected chi connectivity index (χ2v) is 8.07. The number of benzene rings is 1. The zero-order valence-electron chi connectivity index (χ0n) is 13.7. The molecule has 2 aliphatic rings. The number of morpholine rings is 1. The molecule has 0 radical (unpaired) electrons. The third-order valence-corrected chi connectivity index (χ3v) is 6.60. The molecule has 2 heterocycles. The third-order valence-electron chi connectivity index (χ3n) is 4.57. The Morgan fingerprint density at radius 1 is 0.958 bits per heavy atom. The highest BCUT2D eigenvalue weighted by molar-refractivity contribution is 7.86. The number of piperazine rings is 1. The molecule has 2 saturated heterocycles. The minimum atomic E-state index is -3.39. The number of aliphatic hydroxyl groups is 1. The molecular weight excluding hydrogens is 330 g/mol. The first kappa shape index (κ1) is 17.8. The smallest absolute Gasteiger partial charge is 0.282 e. The van der Waals surface area contributed by atoms with Crippen molar-refractivity contribution in [1.29, 1.82) is 0 Å². The number of rotatable bonds is 5. The van der Waals surface area contributed by atoms with Crippen LogP contribution in [-0.2, 0) is 14.9 Å². The summed E-state index contributed by atoms with van der Waals surface area (Å²) in [6, 6.07) is 9.55. The van der Waals surface area contributed by atoms with E-state index in [1.807, 2.05) is 30.3 Å². The maximum absolute atomic E-state index is 12.6. The van der Waals surface area contributed by atoms with Gasteiger partial charge in [-0.3, -0.25) is 4.90 Å². The fraction of sp³-hybridized carbons (Fsp3) is 0.625. The Morgan fingerprint density at radius 3 is 2.17 bits per heavy atom. The molecule has 134 valence electrons. The van der Waals surface area contributed by atoms with Gasteiger partial charge in [0.2, 0.25) is 0 Å². The van der Waals surface area contributed by atoms with Crippen molar-refractivity contribution in [3.63, 3.8) is 0 Å². The molecule has 2 aliphatic heterocycles. The third kappa shape index (κ3) is 4.14. The summed E-state index contributed by atoms with van der Waals surface area (Å²) >= 11 is 0. The maximum atomic E-state index is 12.6. The fourth-order valence-corrected chi connectivity index (χ4v) is 4.67. The zero-order chi connectivity index (χ0) is 17.0. The van der Waals surface area contributed by atoms with Gasteiger partial charge in [-0.2, -0.15) is 17.0 Å². The number of nitrogens with zero attached hydrogens (tertiary/aromatic N) is 3. The van der Waals surface area contributed by atoms with Gasteiger partial charge in [-0.25, -0.2) is 0 Å². The van der Waals surface area contributed by atoms with Crippen molar-refractivity contribution in [2.75, 3.05) is 59.0 Å². The van der Waals surface area contributed by atoms with E-state index in [1.165, 1.54) is 4.31 Å². The number of β-amino-alcohol motifs (C(OH)–C–C–N with tert-alkyl or cyclic N) is 1. The summed E-state index contributed by atoms with van der Waals surface area (Å²) in [5, 5.41) is 10.3. The van der Waals surface area contributed by atoms with Gasteiger partial charge in [-0.1, -0.05) is 30.3 Å². The van der Waals surface area contributed by atoms with E-state index in [9.17, 15) is 13.5 Å². The lowest BCUT2D eigenvalue weighted by atomic mass is 10.1. The molecule has 1 unspecified atom stereocenters. The second-order valence-electron chi connectivity index (χ2n) is 6.15. The van der Waals surface area contributed by atoms with Gasteiger partial charge in [0.15, 0.2) is 0 Å². The SMILES string of the molecule is O=S(=O)(N1CCOCC1)N1CCN(CC(O)c2ccccc2)CC1. The molecule has 1 aromatic rings. The fourth-order valence-electron chi connectivity index (χ4n) is 3.11. The molecule has 0 aromatic heterocycles. The highest BCUT2D eigenvalue weighted by Gasteiger charge is 2.33. The first-order chi connectivity index (χ1) is 11.6. The van der Waals surface area contributed by atoms with E-state index in [1.54, 1.807) is 4.31 Å². The topological polar surface area (TPSA) is 73.3 Å². The van der Waals surface area contributed by atoms with Gasteiger partial charge < -0.3 is 9.84 Å². The van der Waals surface area contributed by atoms with E-state index in [2.05, 4.69) is 4.90 Å². The van der Waals surface area contributed by atoms with Crippen LogP contribution in [0.1, 0.15) is 11.7 Å². The minimum absolute atomic E-state index is 0.426. The lowest BCUT2D eigenvalue weighted by molar-refractivity contribution is 0.0655. The molecule has 1 atom stereocenters. The highest BCUT2D eigenvalue weighted by atomic mass is 32.2. The molecule has 1 N–H and O–H groups in total. The predicted molar refractivity (Wildman–Crippen MR) is 90.7 cm³/mol. The van der Waals surface area contributed by atoms with Crippen LogP contribution in [0.5, 0.6) is 0 Å². The van der Waals surface area contributed by atoms with Gasteiger partial charge >= 0.3 is 0 Å². The van der Waals surface area contributed by atoms with Crippen molar-refractivity contribution < 1.29 is 18.3 Å². The Bertz CT molecular complexity index is 611. The van der Waals surface area contributed by atoms with Crippen molar-refractivity contribution in [3.05, 3.63) is 35.9 Å². The van der Waals surface area contributed by atoms with E-state index >= 15 is 0 Å². The van der Waals surface area contributed by atoms with E-state index in [-0.39, 0.29) is 0 Å². The van der Waals surface area contributed by atoms with Crippen LogP contribution in [-0.4, -0.2) is 86.1 Å². The van der Waals surface area contributed by atoms with Gasteiger partial charge in [0.05, 0.1) is 19.3 Å². The van der Waals surface area contributed by atoms with E-state index < -0.39 is 16.3 Å². The minimum Gasteiger partial charge on any atom is -0.387 e. The second kappa shape index (κ2) is 7.90. The summed E-state index contributed by atoms with van der Waals surface area (Å²) in [6.07, 6.45) is -0.548. The summed E-state index contributed by atoms with van der Waals surface area (Å²) in [5.41, 5.74) is 0.890. The first-order valence-electron chi connectivity index (χ1n) is 8.36. The number of hydrogen-bond donors (Lipinski definition) is 1. The van der Waals surface area contributed by atoms with Crippen molar-refractivity contribution >= 4 is 10.2 Å². The lowest BCUT2D eigenvalue weighted by Gasteiger charge is -2.38. The van der Waals surface area contributed by atoms with Crippen LogP contribution >= 0.6 is 0 Å². The highest BCUT2D eigenvalue weighted by Crippen LogP contribution is 2.17. The number of hydrogen-bond acceptors (Lipinski definition) is 5. The molecule has 0 saturated carbocycles. The largest absolute Gasteiger partial charge is 0.387 e. The Morgan fingerprint density at radius 2 is 1.54 bits per heavy atom. The van der Waals surface area contributed by atoms with E-state index in [0.29, 0.717) is 59.0 Å². The van der Waals surface area contributed by atoms with Crippen LogP contribution in [0.2, 0.25) is 0 Å². The van der Waals surface area contributed by atoms with Crippen LogP contribution in [0.15, 0.2) is 30.3 Å². The van der Waals surface area contributed by atoms with Crippen molar-refractivity contribution in [2.24, 2.45) is 0 Å². The van der Waals surface area contributed by atoms with Crippen LogP contribution < -0.4 is 0 Å². The molecule has 0 amide bonds. The van der Waals surface area contributed by atoms with Crippen LogP contribution in [0, 0.1) is 0 Å². The molecule has 7 nitrogen and oxygen atoms in total.